The van der Waals surface area contributed by atoms with Gasteiger partial charge < -0.3 is 22.5 Å². The Balaban J connectivity index is 0.000000711. The Kier molecular flexibility index (Phi) is 8.60. The molecule has 0 aliphatic rings. The fraction of sp³-hybridized carbons (Fsp3) is 0.333. The smallest absolute Gasteiger partial charge is 0.192 e. The molecule has 0 spiro atoms. The van der Waals surface area contributed by atoms with Crippen LogP contribution in [0.15, 0.2) is 5.38 Å². The Bertz CT molecular complexity index is 461. The van der Waals surface area contributed by atoms with Crippen molar-refractivity contribution in [2.45, 2.75) is 12.2 Å². The molecule has 0 fully saturated rings. The van der Waals surface area contributed by atoms with Gasteiger partial charge in [-0.1, -0.05) is 6.92 Å². The molecule has 10 heteroatoms. The van der Waals surface area contributed by atoms with Crippen LogP contribution in [0, 0.1) is 16.7 Å². The SMILES string of the molecule is CCSC(C#N)c1csc(NC(=N)N)n1.NC(N)=S. The van der Waals surface area contributed by atoms with E-state index in [4.69, 9.17) is 16.4 Å². The van der Waals surface area contributed by atoms with E-state index in [2.05, 4.69) is 40.1 Å². The number of guanidine groups is 1. The lowest BCUT2D eigenvalue weighted by Crippen LogP contribution is -2.20. The van der Waals surface area contributed by atoms with Crippen LogP contribution in [0.25, 0.3) is 0 Å². The van der Waals surface area contributed by atoms with E-state index < -0.39 is 0 Å². The summed E-state index contributed by atoms with van der Waals surface area (Å²) in [5, 5.41) is 20.7. The molecule has 19 heavy (non-hydrogen) atoms. The number of nitrogens with one attached hydrogen (secondary N) is 2. The number of hydrogen-bond acceptors (Lipinski definition) is 6. The molecule has 1 heterocycles. The van der Waals surface area contributed by atoms with Gasteiger partial charge in [0.15, 0.2) is 16.2 Å². The third kappa shape index (κ3) is 8.20. The Morgan fingerprint density at radius 2 is 2.26 bits per heavy atom. The van der Waals surface area contributed by atoms with Gasteiger partial charge in [0.2, 0.25) is 0 Å². The van der Waals surface area contributed by atoms with Crippen LogP contribution in [0.4, 0.5) is 5.13 Å². The molecule has 0 bridgehead atoms. The predicted molar refractivity (Wildman–Crippen MR) is 85.1 cm³/mol. The fourth-order valence-corrected chi connectivity index (χ4v) is 2.47. The van der Waals surface area contributed by atoms with E-state index in [0.29, 0.717) is 5.13 Å². The van der Waals surface area contributed by atoms with Crippen molar-refractivity contribution in [2.24, 2.45) is 17.2 Å². The average Bonchev–Trinajstić information content (AvgIpc) is 2.72. The summed E-state index contributed by atoms with van der Waals surface area (Å²) in [5.41, 5.74) is 15.1. The molecule has 0 amide bonds. The van der Waals surface area contributed by atoms with Crippen molar-refractivity contribution in [3.63, 3.8) is 0 Å². The molecule has 1 atom stereocenters. The van der Waals surface area contributed by atoms with Crippen molar-refractivity contribution in [3.8, 4) is 6.07 Å². The zero-order valence-electron chi connectivity index (χ0n) is 10.2. The van der Waals surface area contributed by atoms with E-state index >= 15 is 0 Å². The summed E-state index contributed by atoms with van der Waals surface area (Å²) < 4.78 is 0. The summed E-state index contributed by atoms with van der Waals surface area (Å²) in [7, 11) is 0. The van der Waals surface area contributed by atoms with Gasteiger partial charge in [-0.25, -0.2) is 4.98 Å². The molecule has 1 aromatic rings. The second kappa shape index (κ2) is 9.37. The quantitative estimate of drug-likeness (QED) is 0.313. The van der Waals surface area contributed by atoms with Crippen molar-refractivity contribution in [2.75, 3.05) is 11.1 Å². The minimum absolute atomic E-state index is 0.000000000000000222. The number of nitriles is 1. The molecule has 0 saturated heterocycles. The van der Waals surface area contributed by atoms with E-state index in [9.17, 15) is 0 Å². The van der Waals surface area contributed by atoms with Crippen LogP contribution in [0.2, 0.25) is 0 Å². The molecule has 0 saturated carbocycles. The Hall–Kier alpha value is -1.57. The van der Waals surface area contributed by atoms with E-state index in [1.807, 2.05) is 12.3 Å². The van der Waals surface area contributed by atoms with Gasteiger partial charge in [-0.2, -0.15) is 5.26 Å². The molecule has 8 N–H and O–H groups in total. The molecule has 0 radical (unpaired) electrons. The zero-order valence-corrected chi connectivity index (χ0v) is 12.7. The summed E-state index contributed by atoms with van der Waals surface area (Å²) in [5.74, 6) is 0.721. The molecule has 0 aromatic carbocycles. The largest absolute Gasteiger partial charge is 0.377 e. The maximum absolute atomic E-state index is 8.91. The lowest BCUT2D eigenvalue weighted by Gasteiger charge is -2.02. The van der Waals surface area contributed by atoms with Gasteiger partial charge >= 0.3 is 0 Å². The van der Waals surface area contributed by atoms with E-state index in [0.717, 1.165) is 11.4 Å². The molecule has 0 aliphatic carbocycles. The molecule has 7 nitrogen and oxygen atoms in total. The predicted octanol–water partition coefficient (Wildman–Crippen LogP) is 0.955. The average molecular weight is 317 g/mol. The number of nitrogens with zero attached hydrogens (tertiary/aromatic N) is 2. The summed E-state index contributed by atoms with van der Waals surface area (Å²) in [4.78, 5) is 4.18. The first-order valence-electron chi connectivity index (χ1n) is 5.03. The van der Waals surface area contributed by atoms with Crippen LogP contribution < -0.4 is 22.5 Å². The van der Waals surface area contributed by atoms with Crippen LogP contribution in [0.1, 0.15) is 17.9 Å². The third-order valence-electron chi connectivity index (χ3n) is 1.48. The number of thiazole rings is 1. The van der Waals surface area contributed by atoms with Crippen molar-refractivity contribution in [3.05, 3.63) is 11.1 Å². The molecule has 0 aliphatic heterocycles. The first kappa shape index (κ1) is 17.4. The summed E-state index contributed by atoms with van der Waals surface area (Å²) in [6.45, 7) is 2.00. The Labute approximate surface area is 125 Å². The molecule has 1 unspecified atom stereocenters. The monoisotopic (exact) mass is 317 g/mol. The second-order valence-electron chi connectivity index (χ2n) is 2.98. The van der Waals surface area contributed by atoms with E-state index in [1.54, 1.807) is 0 Å². The summed E-state index contributed by atoms with van der Waals surface area (Å²) in [6, 6.07) is 2.18. The number of aromatic nitrogens is 1. The number of nitrogens with two attached hydrogens (primary N) is 3. The Morgan fingerprint density at radius 3 is 2.68 bits per heavy atom. The number of anilines is 1. The van der Waals surface area contributed by atoms with E-state index in [1.165, 1.54) is 23.1 Å². The van der Waals surface area contributed by atoms with Gasteiger partial charge in [-0.05, 0) is 18.0 Å². The van der Waals surface area contributed by atoms with Crippen LogP contribution in [-0.4, -0.2) is 21.8 Å². The maximum Gasteiger partial charge on any atom is 0.192 e. The molecular formula is C9H15N7S3. The fourth-order valence-electron chi connectivity index (χ4n) is 0.935. The van der Waals surface area contributed by atoms with Crippen molar-refractivity contribution < 1.29 is 0 Å². The Morgan fingerprint density at radius 1 is 1.68 bits per heavy atom. The van der Waals surface area contributed by atoms with Gasteiger partial charge in [0.05, 0.1) is 11.8 Å². The maximum atomic E-state index is 8.91. The minimum atomic E-state index is -0.242. The lowest BCUT2D eigenvalue weighted by atomic mass is 10.4. The van der Waals surface area contributed by atoms with Crippen LogP contribution in [0.5, 0.6) is 0 Å². The van der Waals surface area contributed by atoms with Gasteiger partial charge in [0.25, 0.3) is 0 Å². The van der Waals surface area contributed by atoms with Gasteiger partial charge in [-0.3, -0.25) is 5.41 Å². The van der Waals surface area contributed by atoms with E-state index in [-0.39, 0.29) is 16.3 Å². The molecule has 1 aromatic heterocycles. The third-order valence-corrected chi connectivity index (χ3v) is 3.27. The normalized spacial score (nSPS) is 10.5. The zero-order chi connectivity index (χ0) is 14.8. The van der Waals surface area contributed by atoms with Crippen molar-refractivity contribution in [1.29, 1.82) is 10.7 Å². The number of thioether (sulfide) groups is 1. The molecule has 1 rings (SSSR count). The lowest BCUT2D eigenvalue weighted by molar-refractivity contribution is 1.13. The standard InChI is InChI=1S/C8H11N5S2.CH4N2S/c1-2-14-6(3-9)5-4-15-8(12-5)13-7(10)11;2-1(3)4/h4,6H,2H2,1H3,(H4,10,11,12,13);(H4,2,3,4). The first-order chi connectivity index (χ1) is 8.90. The number of thiocarbonyl (C=S) groups is 1. The van der Waals surface area contributed by atoms with Gasteiger partial charge in [0.1, 0.15) is 5.25 Å². The van der Waals surface area contributed by atoms with Crippen molar-refractivity contribution in [1.82, 2.24) is 4.98 Å². The topological polar surface area (TPSA) is 151 Å². The second-order valence-corrected chi connectivity index (χ2v) is 5.69. The van der Waals surface area contributed by atoms with Crippen LogP contribution in [0.3, 0.4) is 0 Å². The number of hydrogen-bond donors (Lipinski definition) is 5. The first-order valence-corrected chi connectivity index (χ1v) is 7.36. The van der Waals surface area contributed by atoms with Crippen LogP contribution >= 0.6 is 35.3 Å². The molecular weight excluding hydrogens is 302 g/mol. The van der Waals surface area contributed by atoms with Crippen LogP contribution in [-0.2, 0) is 0 Å². The molecule has 104 valence electrons. The summed E-state index contributed by atoms with van der Waals surface area (Å²) >= 11 is 6.96. The highest BCUT2D eigenvalue weighted by atomic mass is 32.2. The minimum Gasteiger partial charge on any atom is -0.377 e. The highest BCUT2D eigenvalue weighted by Crippen LogP contribution is 2.30. The summed E-state index contributed by atoms with van der Waals surface area (Å²) in [6.07, 6.45) is 0. The number of rotatable bonds is 4. The van der Waals surface area contributed by atoms with Gasteiger partial charge in [0, 0.05) is 5.38 Å². The highest BCUT2D eigenvalue weighted by molar-refractivity contribution is 7.99. The van der Waals surface area contributed by atoms with Crippen molar-refractivity contribution >= 4 is 51.5 Å². The van der Waals surface area contributed by atoms with Gasteiger partial charge in [-0.15, -0.1) is 23.1 Å². The highest BCUT2D eigenvalue weighted by Gasteiger charge is 2.14.